The van der Waals surface area contributed by atoms with Gasteiger partial charge in [0.05, 0.1) is 6.04 Å². The molecule has 0 aliphatic carbocycles. The molecule has 122 valence electrons. The first-order chi connectivity index (χ1) is 10.3. The summed E-state index contributed by atoms with van der Waals surface area (Å²) >= 11 is 3.50. The number of nitrogens with zero attached hydrogens (tertiary/aromatic N) is 1. The first-order valence-corrected chi connectivity index (χ1v) is 7.20. The molecule has 2 rings (SSSR count). The third kappa shape index (κ3) is 5.69. The number of carbonyl (C=O) groups is 1. The average Bonchev–Trinajstić information content (AvgIpc) is 2.47. The van der Waals surface area contributed by atoms with Crippen LogP contribution in [0.25, 0.3) is 0 Å². The van der Waals surface area contributed by atoms with Gasteiger partial charge in [-0.15, -0.1) is 6.58 Å². The van der Waals surface area contributed by atoms with E-state index >= 15 is 0 Å². The van der Waals surface area contributed by atoms with E-state index in [1.54, 1.807) is 0 Å². The van der Waals surface area contributed by atoms with E-state index in [0.29, 0.717) is 6.04 Å². The fraction of sp³-hybridized carbons (Fsp3) is 0.357. The van der Waals surface area contributed by atoms with E-state index in [4.69, 9.17) is 9.90 Å². The summed E-state index contributed by atoms with van der Waals surface area (Å²) < 4.78 is 32.9. The lowest BCUT2D eigenvalue weighted by Gasteiger charge is -2.36. The topological polar surface area (TPSA) is 52.6 Å². The molecule has 1 saturated heterocycles. The Labute approximate surface area is 134 Å². The highest BCUT2D eigenvalue weighted by molar-refractivity contribution is 9.10. The Hall–Kier alpha value is -1.54. The van der Waals surface area contributed by atoms with Crippen LogP contribution in [0.5, 0.6) is 0 Å². The van der Waals surface area contributed by atoms with Crippen LogP contribution in [0, 0.1) is 0 Å². The molecule has 0 aromatic heterocycles. The molecule has 22 heavy (non-hydrogen) atoms. The second-order valence-corrected chi connectivity index (χ2v) is 5.40. The van der Waals surface area contributed by atoms with Crippen molar-refractivity contribution in [3.05, 3.63) is 41.4 Å². The normalized spacial score (nSPS) is 18.2. The van der Waals surface area contributed by atoms with E-state index in [2.05, 4.69) is 57.0 Å². The Morgan fingerprint density at radius 3 is 2.64 bits per heavy atom. The number of rotatable bonds is 2. The molecule has 8 heteroatoms. The number of piperazine rings is 1. The number of anilines is 1. The maximum absolute atomic E-state index is 10.6. The number of hydrogen-bond donors (Lipinski definition) is 2. The van der Waals surface area contributed by atoms with E-state index in [1.807, 2.05) is 6.08 Å². The number of carboxylic acid groups (broad SMARTS) is 1. The Kier molecular flexibility index (Phi) is 6.89. The summed E-state index contributed by atoms with van der Waals surface area (Å²) in [5, 5.41) is 10.5. The zero-order chi connectivity index (χ0) is 16.8. The highest BCUT2D eigenvalue weighted by Crippen LogP contribution is 2.22. The molecule has 2 N–H and O–H groups in total. The molecule has 1 aliphatic heterocycles. The summed E-state index contributed by atoms with van der Waals surface area (Å²) in [5.41, 5.74) is 1.26. The third-order valence-corrected chi connectivity index (χ3v) is 3.43. The van der Waals surface area contributed by atoms with Crippen LogP contribution in [0.2, 0.25) is 0 Å². The molecule has 1 aliphatic rings. The molecule has 1 fully saturated rings. The summed E-state index contributed by atoms with van der Waals surface area (Å²) in [4.78, 5) is 11.3. The van der Waals surface area contributed by atoms with Crippen LogP contribution >= 0.6 is 15.9 Å². The van der Waals surface area contributed by atoms with Gasteiger partial charge in [0.2, 0.25) is 0 Å². The van der Waals surface area contributed by atoms with Gasteiger partial charge in [0.15, 0.2) is 0 Å². The SMILES string of the molecule is C=C[C@@H]1CNCCN1c1cccc(Br)c1.O=C(O)C(F)(F)F. The fourth-order valence-corrected chi connectivity index (χ4v) is 2.30. The number of hydrogen-bond acceptors (Lipinski definition) is 3. The van der Waals surface area contributed by atoms with Crippen molar-refractivity contribution >= 4 is 27.6 Å². The van der Waals surface area contributed by atoms with Crippen molar-refractivity contribution in [1.29, 1.82) is 0 Å². The molecule has 1 atom stereocenters. The van der Waals surface area contributed by atoms with Crippen LogP contribution in [-0.4, -0.2) is 42.9 Å². The quantitative estimate of drug-likeness (QED) is 0.774. The van der Waals surface area contributed by atoms with Crippen molar-refractivity contribution in [2.75, 3.05) is 24.5 Å². The van der Waals surface area contributed by atoms with E-state index in [1.165, 1.54) is 5.69 Å². The van der Waals surface area contributed by atoms with E-state index in [-0.39, 0.29) is 0 Å². The lowest BCUT2D eigenvalue weighted by molar-refractivity contribution is -0.192. The van der Waals surface area contributed by atoms with Crippen molar-refractivity contribution in [3.8, 4) is 0 Å². The van der Waals surface area contributed by atoms with Gasteiger partial charge in [-0.05, 0) is 18.2 Å². The lowest BCUT2D eigenvalue weighted by atomic mass is 10.1. The molecule has 0 amide bonds. The summed E-state index contributed by atoms with van der Waals surface area (Å²) in [6, 6.07) is 8.82. The molecular weight excluding hydrogens is 365 g/mol. The van der Waals surface area contributed by atoms with Crippen LogP contribution in [0.3, 0.4) is 0 Å². The predicted octanol–water partition coefficient (Wildman–Crippen LogP) is 3.05. The van der Waals surface area contributed by atoms with Crippen LogP contribution < -0.4 is 10.2 Å². The van der Waals surface area contributed by atoms with Crippen molar-refractivity contribution in [3.63, 3.8) is 0 Å². The van der Waals surface area contributed by atoms with Crippen LogP contribution in [0.15, 0.2) is 41.4 Å². The zero-order valence-corrected chi connectivity index (χ0v) is 13.2. The molecule has 0 unspecified atom stereocenters. The maximum atomic E-state index is 10.6. The highest BCUT2D eigenvalue weighted by Gasteiger charge is 2.38. The van der Waals surface area contributed by atoms with Gasteiger partial charge in [-0.2, -0.15) is 13.2 Å². The average molecular weight is 381 g/mol. The van der Waals surface area contributed by atoms with Gasteiger partial charge in [-0.1, -0.05) is 28.1 Å². The van der Waals surface area contributed by atoms with Gasteiger partial charge in [-0.3, -0.25) is 0 Å². The first-order valence-electron chi connectivity index (χ1n) is 6.41. The molecule has 0 spiro atoms. The van der Waals surface area contributed by atoms with E-state index in [9.17, 15) is 13.2 Å². The Morgan fingerprint density at radius 1 is 1.50 bits per heavy atom. The molecular formula is C14H16BrF3N2O2. The monoisotopic (exact) mass is 380 g/mol. The fourth-order valence-electron chi connectivity index (χ4n) is 1.91. The number of nitrogens with one attached hydrogen (secondary N) is 1. The molecule has 0 saturated carbocycles. The van der Waals surface area contributed by atoms with E-state index in [0.717, 1.165) is 24.1 Å². The first kappa shape index (κ1) is 18.5. The second-order valence-electron chi connectivity index (χ2n) is 4.48. The Bertz CT molecular complexity index is 523. The molecule has 0 radical (unpaired) electrons. The van der Waals surface area contributed by atoms with Gasteiger partial charge >= 0.3 is 12.1 Å². The number of carboxylic acids is 1. The van der Waals surface area contributed by atoms with Crippen LogP contribution in [-0.2, 0) is 4.79 Å². The summed E-state index contributed by atoms with van der Waals surface area (Å²) in [6.45, 7) is 6.94. The number of alkyl halides is 3. The van der Waals surface area contributed by atoms with Crippen LogP contribution in [0.1, 0.15) is 0 Å². The van der Waals surface area contributed by atoms with Crippen molar-refractivity contribution in [2.24, 2.45) is 0 Å². The standard InChI is InChI=1S/C12H15BrN2.C2HF3O2/c1-2-11-9-14-6-7-15(11)12-5-3-4-10(13)8-12;3-2(4,5)1(6)7/h2-5,8,11,14H,1,6-7,9H2;(H,6,7)/t11-;/m1./s1. The summed E-state index contributed by atoms with van der Waals surface area (Å²) in [5.74, 6) is -2.76. The molecule has 1 aromatic rings. The largest absolute Gasteiger partial charge is 0.490 e. The number of aliphatic carboxylic acids is 1. The number of benzene rings is 1. The van der Waals surface area contributed by atoms with E-state index < -0.39 is 12.1 Å². The Morgan fingerprint density at radius 2 is 2.14 bits per heavy atom. The van der Waals surface area contributed by atoms with Crippen molar-refractivity contribution in [1.82, 2.24) is 5.32 Å². The lowest BCUT2D eigenvalue weighted by Crippen LogP contribution is -2.50. The van der Waals surface area contributed by atoms with Gasteiger partial charge in [0.25, 0.3) is 0 Å². The molecule has 0 bridgehead atoms. The zero-order valence-electron chi connectivity index (χ0n) is 11.6. The minimum Gasteiger partial charge on any atom is -0.475 e. The molecule has 1 aromatic carbocycles. The van der Waals surface area contributed by atoms with Crippen molar-refractivity contribution < 1.29 is 23.1 Å². The highest BCUT2D eigenvalue weighted by atomic mass is 79.9. The number of halogens is 4. The summed E-state index contributed by atoms with van der Waals surface area (Å²) in [7, 11) is 0. The van der Waals surface area contributed by atoms with Crippen molar-refractivity contribution in [2.45, 2.75) is 12.2 Å². The smallest absolute Gasteiger partial charge is 0.475 e. The van der Waals surface area contributed by atoms with Crippen LogP contribution in [0.4, 0.5) is 18.9 Å². The summed E-state index contributed by atoms with van der Waals surface area (Å²) in [6.07, 6.45) is -3.08. The van der Waals surface area contributed by atoms with Gasteiger partial charge in [-0.25, -0.2) is 4.79 Å². The van der Waals surface area contributed by atoms with Gasteiger partial charge in [0, 0.05) is 29.8 Å². The maximum Gasteiger partial charge on any atom is 0.490 e. The molecule has 1 heterocycles. The van der Waals surface area contributed by atoms with Gasteiger partial charge < -0.3 is 15.3 Å². The Balaban J connectivity index is 0.000000295. The third-order valence-electron chi connectivity index (χ3n) is 2.94. The van der Waals surface area contributed by atoms with Gasteiger partial charge in [0.1, 0.15) is 0 Å². The predicted molar refractivity (Wildman–Crippen MR) is 82.0 cm³/mol. The molecule has 4 nitrogen and oxygen atoms in total. The minimum absolute atomic E-state index is 0.396. The minimum atomic E-state index is -5.08. The second kappa shape index (κ2) is 8.19.